The van der Waals surface area contributed by atoms with E-state index in [2.05, 4.69) is 0 Å². The monoisotopic (exact) mass is 256 g/mol. The van der Waals surface area contributed by atoms with E-state index in [1.54, 1.807) is 0 Å². The zero-order chi connectivity index (χ0) is 14.0. The van der Waals surface area contributed by atoms with E-state index in [0.717, 1.165) is 0 Å². The van der Waals surface area contributed by atoms with E-state index < -0.39 is 44.3 Å². The second-order valence-electron chi connectivity index (χ2n) is 2.98. The standard InChI is InChI=1S/C8H4N2O8/c11-7(12)3-1-2-4(9(15)16)5(8(13)14)6(3)10(17)18/h1-2H,(H,11,12)(H,13,14). The van der Waals surface area contributed by atoms with Gasteiger partial charge in [0.25, 0.3) is 5.69 Å². The zero-order valence-electron chi connectivity index (χ0n) is 8.39. The van der Waals surface area contributed by atoms with Crippen molar-refractivity contribution in [3.8, 4) is 0 Å². The molecule has 94 valence electrons. The first kappa shape index (κ1) is 13.0. The molecule has 1 aromatic rings. The van der Waals surface area contributed by atoms with Crippen molar-refractivity contribution in [1.29, 1.82) is 0 Å². The maximum atomic E-state index is 10.8. The Morgan fingerprint density at radius 2 is 1.56 bits per heavy atom. The highest BCUT2D eigenvalue weighted by Crippen LogP contribution is 2.31. The fourth-order valence-electron chi connectivity index (χ4n) is 1.31. The lowest BCUT2D eigenvalue weighted by Crippen LogP contribution is -2.12. The second kappa shape index (κ2) is 4.45. The van der Waals surface area contributed by atoms with Gasteiger partial charge in [-0.15, -0.1) is 0 Å². The third-order valence-corrected chi connectivity index (χ3v) is 1.98. The molecule has 0 heterocycles. The minimum absolute atomic E-state index is 0.597. The van der Waals surface area contributed by atoms with E-state index >= 15 is 0 Å². The van der Waals surface area contributed by atoms with Gasteiger partial charge >= 0.3 is 17.6 Å². The van der Waals surface area contributed by atoms with Gasteiger partial charge in [0.2, 0.25) is 5.56 Å². The average Bonchev–Trinajstić information content (AvgIpc) is 2.26. The fourth-order valence-corrected chi connectivity index (χ4v) is 1.31. The summed E-state index contributed by atoms with van der Waals surface area (Å²) in [6.07, 6.45) is 0. The predicted octanol–water partition coefficient (Wildman–Crippen LogP) is 0.899. The largest absolute Gasteiger partial charge is 0.477 e. The maximum absolute atomic E-state index is 10.8. The Labute approximate surface area is 97.4 Å². The summed E-state index contributed by atoms with van der Waals surface area (Å²) in [7, 11) is 0. The first-order valence-corrected chi connectivity index (χ1v) is 4.19. The van der Waals surface area contributed by atoms with Crippen molar-refractivity contribution in [2.75, 3.05) is 0 Å². The summed E-state index contributed by atoms with van der Waals surface area (Å²) < 4.78 is 0. The molecule has 1 rings (SSSR count). The summed E-state index contributed by atoms with van der Waals surface area (Å²) in [5.74, 6) is -3.70. The van der Waals surface area contributed by atoms with Gasteiger partial charge in [0, 0.05) is 6.07 Å². The lowest BCUT2D eigenvalue weighted by atomic mass is 10.1. The van der Waals surface area contributed by atoms with Gasteiger partial charge in [0.05, 0.1) is 9.85 Å². The number of nitrogens with zero attached hydrogens (tertiary/aromatic N) is 2. The lowest BCUT2D eigenvalue weighted by Gasteiger charge is -2.02. The maximum Gasteiger partial charge on any atom is 0.349 e. The van der Waals surface area contributed by atoms with Gasteiger partial charge in [0.1, 0.15) is 5.56 Å². The van der Waals surface area contributed by atoms with E-state index in [1.165, 1.54) is 0 Å². The molecule has 0 saturated heterocycles. The summed E-state index contributed by atoms with van der Waals surface area (Å²) >= 11 is 0. The molecule has 0 radical (unpaired) electrons. The Morgan fingerprint density at radius 3 is 1.89 bits per heavy atom. The van der Waals surface area contributed by atoms with Crippen molar-refractivity contribution in [3.63, 3.8) is 0 Å². The summed E-state index contributed by atoms with van der Waals surface area (Å²) in [4.78, 5) is 40.4. The molecule has 0 unspecified atom stereocenters. The second-order valence-corrected chi connectivity index (χ2v) is 2.98. The van der Waals surface area contributed by atoms with Crippen LogP contribution in [0.4, 0.5) is 11.4 Å². The Balaban J connectivity index is 3.82. The van der Waals surface area contributed by atoms with Crippen LogP contribution in [0, 0.1) is 20.2 Å². The minimum Gasteiger partial charge on any atom is -0.477 e. The molecule has 0 fully saturated rings. The van der Waals surface area contributed by atoms with Gasteiger partial charge in [-0.3, -0.25) is 20.2 Å². The van der Waals surface area contributed by atoms with E-state index in [4.69, 9.17) is 10.2 Å². The van der Waals surface area contributed by atoms with Gasteiger partial charge in [-0.25, -0.2) is 9.59 Å². The summed E-state index contributed by atoms with van der Waals surface area (Å²) in [6, 6.07) is 1.21. The number of carbonyl (C=O) groups is 2. The van der Waals surface area contributed by atoms with Gasteiger partial charge < -0.3 is 10.2 Å². The third-order valence-electron chi connectivity index (χ3n) is 1.98. The number of aromatic carboxylic acids is 2. The van der Waals surface area contributed by atoms with E-state index in [1.807, 2.05) is 0 Å². The normalized spacial score (nSPS) is 9.78. The van der Waals surface area contributed by atoms with E-state index in [-0.39, 0.29) is 0 Å². The molecule has 0 aliphatic carbocycles. The molecule has 18 heavy (non-hydrogen) atoms. The Bertz CT molecular complexity index is 528. The molecule has 0 saturated carbocycles. The van der Waals surface area contributed by atoms with Crippen LogP contribution >= 0.6 is 0 Å². The lowest BCUT2D eigenvalue weighted by molar-refractivity contribution is -0.394. The minimum atomic E-state index is -1.95. The van der Waals surface area contributed by atoms with Gasteiger partial charge in [0.15, 0.2) is 0 Å². The van der Waals surface area contributed by atoms with Crippen LogP contribution in [-0.4, -0.2) is 32.0 Å². The Hall–Kier alpha value is -3.04. The molecule has 0 bridgehead atoms. The first-order chi connectivity index (χ1) is 8.27. The van der Waals surface area contributed by atoms with Crippen molar-refractivity contribution in [2.24, 2.45) is 0 Å². The van der Waals surface area contributed by atoms with Crippen LogP contribution in [0.15, 0.2) is 12.1 Å². The molecule has 2 N–H and O–H groups in total. The van der Waals surface area contributed by atoms with Crippen molar-refractivity contribution >= 4 is 23.3 Å². The van der Waals surface area contributed by atoms with Crippen LogP contribution in [0.3, 0.4) is 0 Å². The summed E-state index contributed by atoms with van der Waals surface area (Å²) in [5, 5.41) is 38.7. The van der Waals surface area contributed by atoms with Crippen LogP contribution in [0.1, 0.15) is 20.7 Å². The molecule has 0 aliphatic rings. The fraction of sp³-hybridized carbons (Fsp3) is 0. The number of benzene rings is 1. The number of hydrogen-bond donors (Lipinski definition) is 2. The molecule has 0 aliphatic heterocycles. The van der Waals surface area contributed by atoms with Crippen molar-refractivity contribution < 1.29 is 29.6 Å². The highest BCUT2D eigenvalue weighted by atomic mass is 16.6. The van der Waals surface area contributed by atoms with E-state index in [9.17, 15) is 29.8 Å². The molecule has 0 amide bonds. The van der Waals surface area contributed by atoms with Crippen LogP contribution in [0.2, 0.25) is 0 Å². The van der Waals surface area contributed by atoms with Gasteiger partial charge in [-0.05, 0) is 6.07 Å². The molecule has 10 heteroatoms. The Morgan fingerprint density at radius 1 is 1.00 bits per heavy atom. The summed E-state index contributed by atoms with van der Waals surface area (Å²) in [5.41, 5.74) is -4.55. The van der Waals surface area contributed by atoms with Crippen LogP contribution < -0.4 is 0 Å². The molecule has 0 aromatic heterocycles. The predicted molar refractivity (Wildman–Crippen MR) is 53.7 cm³/mol. The molecular weight excluding hydrogens is 252 g/mol. The number of nitro benzene ring substituents is 2. The molecule has 0 atom stereocenters. The van der Waals surface area contributed by atoms with Crippen molar-refractivity contribution in [2.45, 2.75) is 0 Å². The Kier molecular flexibility index (Phi) is 3.22. The topological polar surface area (TPSA) is 161 Å². The third kappa shape index (κ3) is 2.07. The van der Waals surface area contributed by atoms with Crippen LogP contribution in [0.5, 0.6) is 0 Å². The smallest absolute Gasteiger partial charge is 0.349 e. The molecular formula is C8H4N2O8. The van der Waals surface area contributed by atoms with Crippen LogP contribution in [-0.2, 0) is 0 Å². The number of nitro groups is 2. The SMILES string of the molecule is O=C(O)c1ccc([N+](=O)[O-])c(C(=O)O)c1[N+](=O)[O-]. The number of carboxylic acid groups (broad SMARTS) is 2. The average molecular weight is 256 g/mol. The molecule has 1 aromatic carbocycles. The number of hydrogen-bond acceptors (Lipinski definition) is 6. The number of carboxylic acids is 2. The van der Waals surface area contributed by atoms with Crippen LogP contribution in [0.25, 0.3) is 0 Å². The molecule has 0 spiro atoms. The van der Waals surface area contributed by atoms with E-state index in [0.29, 0.717) is 12.1 Å². The summed E-state index contributed by atoms with van der Waals surface area (Å²) in [6.45, 7) is 0. The van der Waals surface area contributed by atoms with Gasteiger partial charge in [-0.1, -0.05) is 0 Å². The van der Waals surface area contributed by atoms with Crippen molar-refractivity contribution in [1.82, 2.24) is 0 Å². The van der Waals surface area contributed by atoms with Crippen molar-refractivity contribution in [3.05, 3.63) is 43.5 Å². The zero-order valence-corrected chi connectivity index (χ0v) is 8.39. The van der Waals surface area contributed by atoms with Gasteiger partial charge in [-0.2, -0.15) is 0 Å². The molecule has 10 nitrogen and oxygen atoms in total. The highest BCUT2D eigenvalue weighted by molar-refractivity contribution is 6.03. The quantitative estimate of drug-likeness (QED) is 0.592. The first-order valence-electron chi connectivity index (χ1n) is 4.19. The highest BCUT2D eigenvalue weighted by Gasteiger charge is 2.35. The number of rotatable bonds is 4.